The van der Waals surface area contributed by atoms with Crippen molar-refractivity contribution in [2.45, 2.75) is 13.8 Å². The Balaban J connectivity index is 0. The summed E-state index contributed by atoms with van der Waals surface area (Å²) in [5, 5.41) is 0. The van der Waals surface area contributed by atoms with Crippen LogP contribution in [-0.2, 0) is 0 Å². The van der Waals surface area contributed by atoms with Crippen molar-refractivity contribution in [3.05, 3.63) is 49.4 Å². The first-order chi connectivity index (χ1) is 6.66. The Bertz CT molecular complexity index is 204. The van der Waals surface area contributed by atoms with E-state index in [-0.39, 0.29) is 0 Å². The van der Waals surface area contributed by atoms with Crippen LogP contribution < -0.4 is 0 Å². The summed E-state index contributed by atoms with van der Waals surface area (Å²) in [6.45, 7) is 13.0. The molecular formula is C12H16AlCl. The van der Waals surface area contributed by atoms with Gasteiger partial charge in [-0.2, -0.15) is 11.5 Å². The van der Waals surface area contributed by atoms with Crippen molar-refractivity contribution in [1.82, 2.24) is 0 Å². The van der Waals surface area contributed by atoms with E-state index in [1.807, 2.05) is 45.7 Å². The van der Waals surface area contributed by atoms with E-state index in [0.29, 0.717) is 5.92 Å². The van der Waals surface area contributed by atoms with Gasteiger partial charge >= 0.3 is 25.4 Å². The zero-order valence-corrected chi connectivity index (χ0v) is 10.7. The Morgan fingerprint density at radius 3 is 1.86 bits per heavy atom. The molecule has 0 aromatic heterocycles. The summed E-state index contributed by atoms with van der Waals surface area (Å²) < 4.78 is 0. The van der Waals surface area contributed by atoms with Gasteiger partial charge in [0.15, 0.2) is 0 Å². The molecule has 0 spiro atoms. The standard InChI is InChI=1S/C8H7.C4H9.Al.ClH/c1-2-8-6-4-3-5-7-8;1-4(2)3;;/h1-7H;4H,1H2,2-3H3;;1H/q2*-1;+3;/p-1. The molecule has 0 aliphatic heterocycles. The van der Waals surface area contributed by atoms with Crippen LogP contribution in [0.2, 0.25) is 0 Å². The second kappa shape index (κ2) is 12.8. The van der Waals surface area contributed by atoms with Crippen LogP contribution in [-0.4, -0.2) is 15.4 Å². The van der Waals surface area contributed by atoms with Crippen molar-refractivity contribution in [3.63, 3.8) is 0 Å². The van der Waals surface area contributed by atoms with Gasteiger partial charge in [0.1, 0.15) is 0 Å². The molecule has 0 aliphatic carbocycles. The topological polar surface area (TPSA) is 0 Å². The van der Waals surface area contributed by atoms with Gasteiger partial charge < -0.3 is 6.92 Å². The summed E-state index contributed by atoms with van der Waals surface area (Å²) in [5.74, 6) is 0.583. The van der Waals surface area contributed by atoms with Crippen LogP contribution in [0.4, 0.5) is 0 Å². The molecule has 0 heterocycles. The normalized spacial score (nSPS) is 7.93. The average Bonchev–Trinajstić information content (AvgIpc) is 2.21. The summed E-state index contributed by atoms with van der Waals surface area (Å²) in [6.07, 6.45) is 1.58. The molecule has 0 nitrogen and oxygen atoms in total. The van der Waals surface area contributed by atoms with E-state index >= 15 is 0 Å². The molecule has 1 rings (SSSR count). The third kappa shape index (κ3) is 14.3. The summed E-state index contributed by atoms with van der Waals surface area (Å²) in [4.78, 5) is 0. The average molecular weight is 223 g/mol. The van der Waals surface area contributed by atoms with E-state index in [0.717, 1.165) is 5.56 Å². The van der Waals surface area contributed by atoms with Gasteiger partial charge in [-0.15, -0.1) is 12.1 Å². The third-order valence-electron chi connectivity index (χ3n) is 0.992. The largest absolute Gasteiger partial charge is 0.341 e. The molecule has 0 saturated heterocycles. The Kier molecular flexibility index (Phi) is 14.8. The number of hydrogen-bond donors (Lipinski definition) is 0. The first-order valence-electron chi connectivity index (χ1n) is 4.31. The summed E-state index contributed by atoms with van der Waals surface area (Å²) >= 11 is 1.89. The molecule has 0 unspecified atom stereocenters. The van der Waals surface area contributed by atoms with Gasteiger partial charge in [-0.3, -0.25) is 6.58 Å². The molecule has 0 saturated carbocycles. The van der Waals surface area contributed by atoms with Gasteiger partial charge in [-0.05, 0) is 0 Å². The number of rotatable bonds is 1. The maximum atomic E-state index is 5.22. The molecular weight excluding hydrogens is 207 g/mol. The first kappa shape index (κ1) is 16.2. The van der Waals surface area contributed by atoms with Crippen LogP contribution in [0.25, 0.3) is 6.08 Å². The van der Waals surface area contributed by atoms with E-state index in [4.69, 9.17) is 6.58 Å². The van der Waals surface area contributed by atoms with Crippen molar-refractivity contribution in [1.29, 1.82) is 0 Å². The van der Waals surface area contributed by atoms with Gasteiger partial charge in [-0.25, -0.2) is 6.08 Å². The minimum atomic E-state index is 0.583. The zero-order valence-electron chi connectivity index (χ0n) is 8.78. The second-order valence-electron chi connectivity index (χ2n) is 2.97. The number of halogens is 1. The second-order valence-corrected chi connectivity index (χ2v) is 2.97. The van der Waals surface area contributed by atoms with E-state index < -0.39 is 0 Å². The minimum absolute atomic E-state index is 0.583. The van der Waals surface area contributed by atoms with E-state index in [1.54, 1.807) is 6.08 Å². The molecule has 74 valence electrons. The van der Waals surface area contributed by atoms with E-state index in [2.05, 4.69) is 30.8 Å². The van der Waals surface area contributed by atoms with Crippen LogP contribution in [0.3, 0.4) is 0 Å². The van der Waals surface area contributed by atoms with Crippen molar-refractivity contribution in [2.24, 2.45) is 5.92 Å². The molecule has 1 aromatic rings. The summed E-state index contributed by atoms with van der Waals surface area (Å²) in [6, 6.07) is 9.80. The van der Waals surface area contributed by atoms with Gasteiger partial charge in [0.05, 0.1) is 0 Å². The SMILES string of the molecule is [Al+2][Cl].[CH-]=Cc1ccccc1.[CH2-]C(C)C. The zero-order chi connectivity index (χ0) is 11.4. The van der Waals surface area contributed by atoms with Gasteiger partial charge in [-0.1, -0.05) is 32.0 Å². The monoisotopic (exact) mass is 222 g/mol. The van der Waals surface area contributed by atoms with E-state index in [1.165, 1.54) is 0 Å². The molecule has 0 radical (unpaired) electrons. The van der Waals surface area contributed by atoms with Crippen LogP contribution in [0.1, 0.15) is 19.4 Å². The molecule has 2 heteroatoms. The quantitative estimate of drug-likeness (QED) is 0.499. The predicted molar refractivity (Wildman–Crippen MR) is 67.0 cm³/mol. The fourth-order valence-electron chi connectivity index (χ4n) is 0.564. The van der Waals surface area contributed by atoms with Crippen molar-refractivity contribution in [3.8, 4) is 0 Å². The number of benzene rings is 1. The number of hydrogen-bond acceptors (Lipinski definition) is 0. The van der Waals surface area contributed by atoms with Crippen LogP contribution in [0, 0.1) is 19.4 Å². The Morgan fingerprint density at radius 2 is 1.64 bits per heavy atom. The van der Waals surface area contributed by atoms with Crippen LogP contribution in [0.15, 0.2) is 30.3 Å². The molecule has 0 fully saturated rings. The smallest absolute Gasteiger partial charge is 0.0653 e. The van der Waals surface area contributed by atoms with Crippen molar-refractivity contribution >= 4 is 31.5 Å². The van der Waals surface area contributed by atoms with Crippen molar-refractivity contribution < 1.29 is 0 Å². The van der Waals surface area contributed by atoms with Gasteiger partial charge in [0, 0.05) is 0 Å². The maximum absolute atomic E-state index is 5.22. The molecule has 0 aliphatic rings. The summed E-state index contributed by atoms with van der Waals surface area (Å²) in [5.41, 5.74) is 1.06. The van der Waals surface area contributed by atoms with Crippen LogP contribution >= 0.6 is 10.0 Å². The third-order valence-corrected chi connectivity index (χ3v) is 0.992. The van der Waals surface area contributed by atoms with Gasteiger partial charge in [0.25, 0.3) is 0 Å². The molecule has 0 atom stereocenters. The maximum Gasteiger partial charge on any atom is -0.0653 e. The van der Waals surface area contributed by atoms with E-state index in [9.17, 15) is 0 Å². The minimum Gasteiger partial charge on any atom is -0.341 e. The predicted octanol–water partition coefficient (Wildman–Crippen LogP) is 3.92. The molecule has 14 heavy (non-hydrogen) atoms. The van der Waals surface area contributed by atoms with Gasteiger partial charge in [0.2, 0.25) is 0 Å². The van der Waals surface area contributed by atoms with Crippen LogP contribution in [0.5, 0.6) is 0 Å². The molecule has 1 aromatic carbocycles. The van der Waals surface area contributed by atoms with Crippen molar-refractivity contribution in [2.75, 3.05) is 0 Å². The first-order valence-corrected chi connectivity index (χ1v) is 6.06. The molecule has 0 amide bonds. The Labute approximate surface area is 101 Å². The Hall–Kier alpha value is -0.218. The summed E-state index contributed by atoms with van der Waals surface area (Å²) in [7, 11) is 4.56. The Morgan fingerprint density at radius 1 is 1.29 bits per heavy atom. The fraction of sp³-hybridized carbons (Fsp3) is 0.250. The fourth-order valence-corrected chi connectivity index (χ4v) is 0.564. The molecule has 0 bridgehead atoms. The molecule has 0 N–H and O–H groups in total.